The number of hydrogen-bond donors (Lipinski definition) is 1. The normalized spacial score (nSPS) is 10.8. The average molecular weight is 405 g/mol. The second-order valence-corrected chi connectivity index (χ2v) is 8.57. The highest BCUT2D eigenvalue weighted by Crippen LogP contribution is 2.18. The van der Waals surface area contributed by atoms with Crippen molar-refractivity contribution >= 4 is 28.5 Å². The largest absolute Gasteiger partial charge is 0.294 e. The summed E-state index contributed by atoms with van der Waals surface area (Å²) in [7, 11) is 0.793. The second-order valence-electron chi connectivity index (χ2n) is 6.14. The molecule has 0 radical (unpaired) electrons. The zero-order valence-electron chi connectivity index (χ0n) is 15.3. The van der Waals surface area contributed by atoms with Crippen LogP contribution in [0.1, 0.15) is 76.7 Å². The molecule has 0 saturated carbocycles. The number of rotatable bonds is 12. The minimum atomic E-state index is -4.10. The molecule has 25 heavy (non-hydrogen) atoms. The SMILES string of the molecule is CCCCCCCCCCCCc1ccccc1S(=O)(=O)O.P=NP. The lowest BCUT2D eigenvalue weighted by Gasteiger charge is -2.07. The standard InChI is InChI=1S/C18H30O3S.H3NP2/c1-2-3-4-5-6-7-8-9-10-11-14-17-15-12-13-16-18(17)22(19,20)21;2-1-3/h12-13,15-16H,2-11,14H2,1H3,(H,19,20,21);2H,3H2. The van der Waals surface area contributed by atoms with E-state index in [9.17, 15) is 13.0 Å². The van der Waals surface area contributed by atoms with Gasteiger partial charge in [0, 0.05) is 0 Å². The molecule has 1 unspecified atom stereocenters. The van der Waals surface area contributed by atoms with Gasteiger partial charge in [0.1, 0.15) is 0 Å². The highest BCUT2D eigenvalue weighted by molar-refractivity contribution is 7.85. The maximum absolute atomic E-state index is 11.3. The second kappa shape index (κ2) is 15.9. The van der Waals surface area contributed by atoms with Crippen molar-refractivity contribution in [2.75, 3.05) is 0 Å². The molecule has 1 aromatic carbocycles. The van der Waals surface area contributed by atoms with Gasteiger partial charge in [-0.2, -0.15) is 8.42 Å². The first-order valence-corrected chi connectivity index (χ1v) is 11.5. The van der Waals surface area contributed by atoms with Crippen LogP contribution < -0.4 is 0 Å². The molecular weight excluding hydrogens is 372 g/mol. The fourth-order valence-electron chi connectivity index (χ4n) is 2.76. The van der Waals surface area contributed by atoms with Crippen molar-refractivity contribution < 1.29 is 13.0 Å². The Morgan fingerprint density at radius 1 is 0.960 bits per heavy atom. The smallest absolute Gasteiger partial charge is 0.282 e. The fraction of sp³-hybridized carbons (Fsp3) is 0.667. The van der Waals surface area contributed by atoms with Crippen LogP contribution in [0, 0.1) is 0 Å². The molecule has 0 amide bonds. The Bertz CT molecular complexity index is 565. The Kier molecular flexibility index (Phi) is 15.7. The van der Waals surface area contributed by atoms with Gasteiger partial charge in [0.05, 0.1) is 4.90 Å². The highest BCUT2D eigenvalue weighted by atomic mass is 32.2. The molecule has 0 aromatic heterocycles. The third kappa shape index (κ3) is 13.5. The van der Waals surface area contributed by atoms with Crippen LogP contribution in [0.5, 0.6) is 0 Å². The van der Waals surface area contributed by atoms with Gasteiger partial charge in [0.2, 0.25) is 0 Å². The summed E-state index contributed by atoms with van der Waals surface area (Å²) < 4.78 is 35.0. The molecule has 0 saturated heterocycles. The number of unbranched alkanes of at least 4 members (excludes halogenated alkanes) is 9. The Morgan fingerprint density at radius 3 is 1.88 bits per heavy atom. The Morgan fingerprint density at radius 2 is 1.40 bits per heavy atom. The maximum atomic E-state index is 11.3. The third-order valence-corrected chi connectivity index (χ3v) is 5.00. The van der Waals surface area contributed by atoms with Gasteiger partial charge >= 0.3 is 0 Å². The van der Waals surface area contributed by atoms with Gasteiger partial charge < -0.3 is 0 Å². The summed E-state index contributed by atoms with van der Waals surface area (Å²) in [4.78, 5) is 0.0610. The Hall–Kier alpha value is -0.340. The van der Waals surface area contributed by atoms with E-state index in [0.29, 0.717) is 6.42 Å². The number of aryl methyl sites for hydroxylation is 1. The predicted molar refractivity (Wildman–Crippen MR) is 112 cm³/mol. The molecule has 1 rings (SSSR count). The number of benzene rings is 1. The summed E-state index contributed by atoms with van der Waals surface area (Å²) in [6, 6.07) is 6.73. The van der Waals surface area contributed by atoms with Gasteiger partial charge in [-0.3, -0.25) is 9.07 Å². The number of hydrogen-bond acceptors (Lipinski definition) is 3. The van der Waals surface area contributed by atoms with E-state index < -0.39 is 10.1 Å². The Labute approximate surface area is 158 Å². The van der Waals surface area contributed by atoms with Crippen LogP contribution in [-0.4, -0.2) is 13.0 Å². The summed E-state index contributed by atoms with van der Waals surface area (Å²) in [5.74, 6) is 0. The monoisotopic (exact) mass is 405 g/mol. The van der Waals surface area contributed by atoms with Crippen molar-refractivity contribution in [1.82, 2.24) is 0 Å². The zero-order chi connectivity index (χ0) is 19.0. The average Bonchev–Trinajstić information content (AvgIpc) is 2.57. The summed E-state index contributed by atoms with van der Waals surface area (Å²) >= 11 is 0. The molecule has 1 N–H and O–H groups in total. The van der Waals surface area contributed by atoms with E-state index in [2.05, 4.69) is 29.9 Å². The molecule has 0 aliphatic rings. The van der Waals surface area contributed by atoms with Crippen LogP contribution in [0.25, 0.3) is 0 Å². The van der Waals surface area contributed by atoms with Crippen LogP contribution in [0.4, 0.5) is 0 Å². The third-order valence-electron chi connectivity index (χ3n) is 4.05. The first-order valence-electron chi connectivity index (χ1n) is 9.09. The molecule has 0 aliphatic heterocycles. The van der Waals surface area contributed by atoms with Crippen molar-refractivity contribution in [2.45, 2.75) is 82.4 Å². The van der Waals surface area contributed by atoms with Gasteiger partial charge in [0.15, 0.2) is 0 Å². The van der Waals surface area contributed by atoms with Crippen molar-refractivity contribution in [3.63, 3.8) is 0 Å². The van der Waals surface area contributed by atoms with Gasteiger partial charge in [-0.05, 0) is 42.9 Å². The lowest BCUT2D eigenvalue weighted by molar-refractivity contribution is 0.481. The summed E-state index contributed by atoms with van der Waals surface area (Å²) in [6.07, 6.45) is 13.3. The van der Waals surface area contributed by atoms with Crippen molar-refractivity contribution in [2.24, 2.45) is 4.52 Å². The molecule has 7 heteroatoms. The van der Waals surface area contributed by atoms with Crippen molar-refractivity contribution in [3.8, 4) is 0 Å². The molecule has 144 valence electrons. The van der Waals surface area contributed by atoms with Gasteiger partial charge in [-0.1, -0.05) is 82.9 Å². The molecule has 0 bridgehead atoms. The lowest BCUT2D eigenvalue weighted by atomic mass is 10.0. The topological polar surface area (TPSA) is 66.7 Å². The molecule has 0 heterocycles. The highest BCUT2D eigenvalue weighted by Gasteiger charge is 2.13. The van der Waals surface area contributed by atoms with E-state index in [-0.39, 0.29) is 4.90 Å². The van der Waals surface area contributed by atoms with Gasteiger partial charge in [0.25, 0.3) is 10.1 Å². The number of nitrogens with zero attached hydrogens (tertiary/aromatic N) is 1. The summed E-state index contributed by atoms with van der Waals surface area (Å²) in [6.45, 7) is 2.24. The van der Waals surface area contributed by atoms with E-state index in [1.54, 1.807) is 12.1 Å². The van der Waals surface area contributed by atoms with Gasteiger partial charge in [-0.25, -0.2) is 0 Å². The molecular formula is C18H33NO3P2S. The van der Waals surface area contributed by atoms with E-state index in [1.165, 1.54) is 57.4 Å². The molecule has 0 spiro atoms. The van der Waals surface area contributed by atoms with Crippen LogP contribution >= 0.6 is 18.4 Å². The molecule has 1 aromatic rings. The molecule has 1 atom stereocenters. The van der Waals surface area contributed by atoms with Crippen LogP contribution in [-0.2, 0) is 16.5 Å². The van der Waals surface area contributed by atoms with Crippen LogP contribution in [0.2, 0.25) is 0 Å². The predicted octanol–water partition coefficient (Wildman–Crippen LogP) is 6.50. The van der Waals surface area contributed by atoms with E-state index in [4.69, 9.17) is 0 Å². The minimum absolute atomic E-state index is 0.0610. The van der Waals surface area contributed by atoms with Crippen LogP contribution in [0.3, 0.4) is 0 Å². The summed E-state index contributed by atoms with van der Waals surface area (Å²) in [5, 5.41) is 0. The first kappa shape index (κ1) is 24.7. The van der Waals surface area contributed by atoms with Gasteiger partial charge in [-0.15, -0.1) is 0 Å². The van der Waals surface area contributed by atoms with Crippen molar-refractivity contribution in [3.05, 3.63) is 29.8 Å². The van der Waals surface area contributed by atoms with E-state index in [0.717, 1.165) is 18.4 Å². The van der Waals surface area contributed by atoms with E-state index >= 15 is 0 Å². The molecule has 0 fully saturated rings. The minimum Gasteiger partial charge on any atom is -0.282 e. The first-order chi connectivity index (χ1) is 12.0. The maximum Gasteiger partial charge on any atom is 0.294 e. The fourth-order valence-corrected chi connectivity index (χ4v) is 3.52. The zero-order valence-corrected chi connectivity index (χ0v) is 18.3. The molecule has 0 aliphatic carbocycles. The Balaban J connectivity index is 0.00000178. The quantitative estimate of drug-likeness (QED) is 0.245. The lowest BCUT2D eigenvalue weighted by Crippen LogP contribution is -2.03. The molecule has 4 nitrogen and oxygen atoms in total. The summed E-state index contributed by atoms with van der Waals surface area (Å²) in [5.41, 5.74) is 0.726. The van der Waals surface area contributed by atoms with Crippen molar-refractivity contribution in [1.29, 1.82) is 0 Å². The van der Waals surface area contributed by atoms with Crippen LogP contribution in [0.15, 0.2) is 33.7 Å². The van der Waals surface area contributed by atoms with E-state index in [1.807, 2.05) is 6.07 Å².